The highest BCUT2D eigenvalue weighted by atomic mass is 127. The van der Waals surface area contributed by atoms with Crippen LogP contribution in [0.3, 0.4) is 0 Å². The molecular formula is C12H14INO3. The monoisotopic (exact) mass is 347 g/mol. The summed E-state index contributed by atoms with van der Waals surface area (Å²) < 4.78 is 5.88. The van der Waals surface area contributed by atoms with Crippen molar-refractivity contribution in [2.75, 3.05) is 6.54 Å². The average molecular weight is 347 g/mol. The van der Waals surface area contributed by atoms with Crippen LogP contribution in [0.4, 0.5) is 0 Å². The van der Waals surface area contributed by atoms with Gasteiger partial charge in [0.05, 0.1) is 5.56 Å². The third-order valence-electron chi connectivity index (χ3n) is 2.10. The molecule has 0 aliphatic carbocycles. The summed E-state index contributed by atoms with van der Waals surface area (Å²) in [7, 11) is 0. The Bertz CT molecular complexity index is 420. The van der Waals surface area contributed by atoms with Crippen LogP contribution >= 0.6 is 22.6 Å². The van der Waals surface area contributed by atoms with Gasteiger partial charge in [0.1, 0.15) is 0 Å². The Hall–Kier alpha value is -1.11. The van der Waals surface area contributed by atoms with Gasteiger partial charge >= 0.3 is 5.97 Å². The number of hydrogen-bond donors (Lipinski definition) is 1. The van der Waals surface area contributed by atoms with Crippen molar-refractivity contribution in [2.45, 2.75) is 20.0 Å². The number of halogens is 1. The molecule has 0 unspecified atom stereocenters. The Balaban J connectivity index is 2.67. The second kappa shape index (κ2) is 6.58. The fraction of sp³-hybridized carbons (Fsp3) is 0.333. The van der Waals surface area contributed by atoms with Crippen molar-refractivity contribution in [1.82, 2.24) is 5.32 Å². The number of likely N-dealkylation sites (N-methyl/N-ethyl adjacent to an activating group) is 1. The SMILES string of the molecule is CCNC(=O)[C@@H](C)OC(=O)c1ccccc1I. The zero-order valence-electron chi connectivity index (χ0n) is 9.70. The number of ether oxygens (including phenoxy) is 1. The van der Waals surface area contributed by atoms with E-state index in [2.05, 4.69) is 27.9 Å². The van der Waals surface area contributed by atoms with Crippen molar-refractivity contribution >= 4 is 34.5 Å². The van der Waals surface area contributed by atoms with Gasteiger partial charge in [0.15, 0.2) is 6.10 Å². The van der Waals surface area contributed by atoms with Crippen molar-refractivity contribution in [1.29, 1.82) is 0 Å². The van der Waals surface area contributed by atoms with E-state index in [1.54, 1.807) is 19.1 Å². The van der Waals surface area contributed by atoms with Crippen molar-refractivity contribution < 1.29 is 14.3 Å². The van der Waals surface area contributed by atoms with Crippen LogP contribution in [-0.2, 0) is 9.53 Å². The van der Waals surface area contributed by atoms with Crippen molar-refractivity contribution in [2.24, 2.45) is 0 Å². The minimum atomic E-state index is -0.779. The Morgan fingerprint density at radius 2 is 2.06 bits per heavy atom. The van der Waals surface area contributed by atoms with E-state index in [1.165, 1.54) is 0 Å². The molecule has 0 bridgehead atoms. The first-order valence-corrected chi connectivity index (χ1v) is 6.37. The molecule has 0 saturated carbocycles. The maximum Gasteiger partial charge on any atom is 0.339 e. The first-order valence-electron chi connectivity index (χ1n) is 5.29. The van der Waals surface area contributed by atoms with Gasteiger partial charge in [0.2, 0.25) is 0 Å². The predicted molar refractivity (Wildman–Crippen MR) is 72.7 cm³/mol. The number of benzene rings is 1. The third-order valence-corrected chi connectivity index (χ3v) is 3.04. The molecule has 4 nitrogen and oxygen atoms in total. The minimum Gasteiger partial charge on any atom is -0.449 e. The summed E-state index contributed by atoms with van der Waals surface area (Å²) in [6.45, 7) is 3.88. The molecule has 1 amide bonds. The fourth-order valence-electron chi connectivity index (χ4n) is 1.22. The van der Waals surface area contributed by atoms with Gasteiger partial charge in [-0.2, -0.15) is 0 Å². The summed E-state index contributed by atoms with van der Waals surface area (Å²) in [6.07, 6.45) is -0.779. The molecule has 0 fully saturated rings. The van der Waals surface area contributed by atoms with Gasteiger partial charge in [-0.15, -0.1) is 0 Å². The summed E-state index contributed by atoms with van der Waals surface area (Å²) in [5.41, 5.74) is 0.476. The van der Waals surface area contributed by atoms with Crippen LogP contribution in [0.5, 0.6) is 0 Å². The lowest BCUT2D eigenvalue weighted by Crippen LogP contribution is -2.35. The molecule has 0 saturated heterocycles. The molecule has 1 rings (SSSR count). The molecular weight excluding hydrogens is 333 g/mol. The van der Waals surface area contributed by atoms with Crippen LogP contribution in [0.25, 0.3) is 0 Å². The zero-order valence-corrected chi connectivity index (χ0v) is 11.9. The number of esters is 1. The van der Waals surface area contributed by atoms with Gasteiger partial charge in [-0.1, -0.05) is 12.1 Å². The molecule has 0 radical (unpaired) electrons. The summed E-state index contributed by atoms with van der Waals surface area (Å²) in [5.74, 6) is -0.763. The largest absolute Gasteiger partial charge is 0.449 e. The molecule has 0 aliphatic rings. The zero-order chi connectivity index (χ0) is 12.8. The van der Waals surface area contributed by atoms with E-state index in [1.807, 2.05) is 19.1 Å². The van der Waals surface area contributed by atoms with Gasteiger partial charge in [0, 0.05) is 10.1 Å². The van der Waals surface area contributed by atoms with E-state index >= 15 is 0 Å². The van der Waals surface area contributed by atoms with E-state index < -0.39 is 12.1 Å². The predicted octanol–water partition coefficient (Wildman–Crippen LogP) is 1.97. The first-order chi connectivity index (χ1) is 8.06. The Morgan fingerprint density at radius 1 is 1.41 bits per heavy atom. The van der Waals surface area contributed by atoms with E-state index in [0.29, 0.717) is 12.1 Å². The lowest BCUT2D eigenvalue weighted by Gasteiger charge is -2.13. The standard InChI is InChI=1S/C12H14INO3/c1-3-14-11(15)8(2)17-12(16)9-6-4-5-7-10(9)13/h4-8H,3H2,1-2H3,(H,14,15)/t8-/m1/s1. The molecule has 1 aromatic rings. The minimum absolute atomic E-state index is 0.285. The van der Waals surface area contributed by atoms with Crippen LogP contribution in [-0.4, -0.2) is 24.5 Å². The highest BCUT2D eigenvalue weighted by molar-refractivity contribution is 14.1. The quantitative estimate of drug-likeness (QED) is 0.669. The highest BCUT2D eigenvalue weighted by Gasteiger charge is 2.19. The molecule has 92 valence electrons. The lowest BCUT2D eigenvalue weighted by molar-refractivity contribution is -0.128. The van der Waals surface area contributed by atoms with Crippen LogP contribution in [0, 0.1) is 3.57 Å². The van der Waals surface area contributed by atoms with Gasteiger partial charge in [-0.25, -0.2) is 4.79 Å². The normalized spacial score (nSPS) is 11.7. The van der Waals surface area contributed by atoms with Crippen LogP contribution in [0.1, 0.15) is 24.2 Å². The van der Waals surface area contributed by atoms with Gasteiger partial charge in [-0.05, 0) is 48.6 Å². The van der Waals surface area contributed by atoms with Crippen LogP contribution in [0.2, 0.25) is 0 Å². The molecule has 0 spiro atoms. The summed E-state index contributed by atoms with van der Waals surface area (Å²) in [4.78, 5) is 23.2. The fourth-order valence-corrected chi connectivity index (χ4v) is 1.83. The number of carbonyl (C=O) groups excluding carboxylic acids is 2. The number of rotatable bonds is 4. The smallest absolute Gasteiger partial charge is 0.339 e. The lowest BCUT2D eigenvalue weighted by atomic mass is 10.2. The van der Waals surface area contributed by atoms with E-state index in [9.17, 15) is 9.59 Å². The molecule has 0 heterocycles. The number of nitrogens with one attached hydrogen (secondary N) is 1. The van der Waals surface area contributed by atoms with E-state index in [-0.39, 0.29) is 5.91 Å². The van der Waals surface area contributed by atoms with E-state index in [4.69, 9.17) is 4.74 Å². The average Bonchev–Trinajstić information content (AvgIpc) is 2.29. The Morgan fingerprint density at radius 3 is 2.65 bits per heavy atom. The van der Waals surface area contributed by atoms with Crippen LogP contribution < -0.4 is 5.32 Å². The van der Waals surface area contributed by atoms with E-state index in [0.717, 1.165) is 3.57 Å². The summed E-state index contributed by atoms with van der Waals surface area (Å²) in [5, 5.41) is 2.60. The van der Waals surface area contributed by atoms with Crippen molar-refractivity contribution in [3.8, 4) is 0 Å². The maximum absolute atomic E-state index is 11.8. The molecule has 0 aromatic heterocycles. The number of carbonyl (C=O) groups is 2. The highest BCUT2D eigenvalue weighted by Crippen LogP contribution is 2.13. The molecule has 17 heavy (non-hydrogen) atoms. The second-order valence-electron chi connectivity index (χ2n) is 3.42. The topological polar surface area (TPSA) is 55.4 Å². The van der Waals surface area contributed by atoms with Gasteiger partial charge in [-0.3, -0.25) is 4.79 Å². The molecule has 5 heteroatoms. The molecule has 1 aromatic carbocycles. The Labute approximate surface area is 114 Å². The molecule has 0 aliphatic heterocycles. The van der Waals surface area contributed by atoms with Gasteiger partial charge < -0.3 is 10.1 Å². The molecule has 1 N–H and O–H groups in total. The van der Waals surface area contributed by atoms with Crippen molar-refractivity contribution in [3.05, 3.63) is 33.4 Å². The second-order valence-corrected chi connectivity index (χ2v) is 4.58. The van der Waals surface area contributed by atoms with Gasteiger partial charge in [0.25, 0.3) is 5.91 Å². The summed E-state index contributed by atoms with van der Waals surface area (Å²) >= 11 is 2.05. The summed E-state index contributed by atoms with van der Waals surface area (Å²) in [6, 6.07) is 7.09. The van der Waals surface area contributed by atoms with Crippen LogP contribution in [0.15, 0.2) is 24.3 Å². The number of amides is 1. The number of hydrogen-bond acceptors (Lipinski definition) is 3. The third kappa shape index (κ3) is 3.99. The Kier molecular flexibility index (Phi) is 5.40. The first kappa shape index (κ1) is 14.0. The molecule has 1 atom stereocenters. The maximum atomic E-state index is 11.8. The van der Waals surface area contributed by atoms with Crippen molar-refractivity contribution in [3.63, 3.8) is 0 Å².